The van der Waals surface area contributed by atoms with Crippen molar-refractivity contribution >= 4 is 22.7 Å². The van der Waals surface area contributed by atoms with E-state index in [1.54, 1.807) is 11.3 Å². The highest BCUT2D eigenvalue weighted by atomic mass is 32.1. The van der Waals surface area contributed by atoms with Crippen molar-refractivity contribution in [1.29, 1.82) is 0 Å². The van der Waals surface area contributed by atoms with Gasteiger partial charge in [-0.15, -0.1) is 0 Å². The summed E-state index contributed by atoms with van der Waals surface area (Å²) in [4.78, 5) is 5.50. The maximum absolute atomic E-state index is 5.46. The number of hydrogen-bond donors (Lipinski definition) is 3. The molecular formula is C13H15N5S. The molecule has 0 radical (unpaired) electrons. The van der Waals surface area contributed by atoms with Gasteiger partial charge in [-0.2, -0.15) is 5.10 Å². The van der Waals surface area contributed by atoms with Gasteiger partial charge in [0.1, 0.15) is 0 Å². The first-order chi connectivity index (χ1) is 9.36. The largest absolute Gasteiger partial charge is 0.360 e. The van der Waals surface area contributed by atoms with Crippen molar-refractivity contribution in [2.45, 2.75) is 6.54 Å². The summed E-state index contributed by atoms with van der Waals surface area (Å²) in [5.74, 6) is 0. The zero-order valence-electron chi connectivity index (χ0n) is 10.4. The molecule has 98 valence electrons. The van der Waals surface area contributed by atoms with E-state index in [1.165, 1.54) is 16.7 Å². The highest BCUT2D eigenvalue weighted by molar-refractivity contribution is 7.18. The Kier molecular flexibility index (Phi) is 3.43. The van der Waals surface area contributed by atoms with Gasteiger partial charge in [-0.25, -0.2) is 4.98 Å². The maximum atomic E-state index is 5.46. The van der Waals surface area contributed by atoms with Crippen LogP contribution in [-0.4, -0.2) is 24.3 Å². The Morgan fingerprint density at radius 3 is 3.26 bits per heavy atom. The standard InChI is InChI=1S/C13H15N5S/c14-3-4-15-13-16-8-12(19-13)9-1-2-10-6-17-18-7-11(10)5-9/h1-2,5,7-8,17H,3-4,6,14H2,(H,15,16). The molecule has 0 atom stereocenters. The van der Waals surface area contributed by atoms with Crippen molar-refractivity contribution in [2.75, 3.05) is 18.4 Å². The summed E-state index contributed by atoms with van der Waals surface area (Å²) >= 11 is 1.64. The van der Waals surface area contributed by atoms with Gasteiger partial charge in [-0.05, 0) is 17.2 Å². The Labute approximate surface area is 115 Å². The molecule has 5 nitrogen and oxygen atoms in total. The lowest BCUT2D eigenvalue weighted by Gasteiger charge is -2.11. The Morgan fingerprint density at radius 2 is 2.37 bits per heavy atom. The number of benzene rings is 1. The van der Waals surface area contributed by atoms with Crippen molar-refractivity contribution in [3.8, 4) is 10.4 Å². The molecule has 1 aromatic carbocycles. The van der Waals surface area contributed by atoms with E-state index in [2.05, 4.69) is 39.0 Å². The predicted molar refractivity (Wildman–Crippen MR) is 79.5 cm³/mol. The maximum Gasteiger partial charge on any atom is 0.183 e. The first-order valence-electron chi connectivity index (χ1n) is 6.16. The van der Waals surface area contributed by atoms with E-state index in [0.717, 1.165) is 23.1 Å². The number of hydrazone groups is 1. The lowest BCUT2D eigenvalue weighted by Crippen LogP contribution is -2.13. The van der Waals surface area contributed by atoms with E-state index < -0.39 is 0 Å². The molecule has 6 heteroatoms. The third-order valence-electron chi connectivity index (χ3n) is 2.92. The normalized spacial score (nSPS) is 12.9. The smallest absolute Gasteiger partial charge is 0.183 e. The molecule has 1 aromatic heterocycles. The lowest BCUT2D eigenvalue weighted by atomic mass is 10.0. The molecule has 0 aliphatic carbocycles. The summed E-state index contributed by atoms with van der Waals surface area (Å²) < 4.78 is 0. The number of thiazole rings is 1. The van der Waals surface area contributed by atoms with Crippen LogP contribution in [0.15, 0.2) is 29.5 Å². The second-order valence-electron chi connectivity index (χ2n) is 4.25. The molecule has 19 heavy (non-hydrogen) atoms. The van der Waals surface area contributed by atoms with Gasteiger partial charge in [0.15, 0.2) is 5.13 Å². The number of anilines is 1. The van der Waals surface area contributed by atoms with Crippen LogP contribution in [0.5, 0.6) is 0 Å². The van der Waals surface area contributed by atoms with Gasteiger partial charge in [0.2, 0.25) is 0 Å². The molecule has 3 rings (SSSR count). The van der Waals surface area contributed by atoms with E-state index in [4.69, 9.17) is 5.73 Å². The molecule has 2 heterocycles. The zero-order chi connectivity index (χ0) is 13.1. The average molecular weight is 273 g/mol. The number of aromatic nitrogens is 1. The molecule has 0 saturated carbocycles. The number of fused-ring (bicyclic) bond motifs is 1. The summed E-state index contributed by atoms with van der Waals surface area (Å²) in [5.41, 5.74) is 12.0. The molecule has 4 N–H and O–H groups in total. The van der Waals surface area contributed by atoms with E-state index >= 15 is 0 Å². The number of rotatable bonds is 4. The highest BCUT2D eigenvalue weighted by Crippen LogP contribution is 2.30. The van der Waals surface area contributed by atoms with Crippen LogP contribution in [0, 0.1) is 0 Å². The van der Waals surface area contributed by atoms with Crippen LogP contribution in [0.4, 0.5) is 5.13 Å². The molecule has 0 saturated heterocycles. The average Bonchev–Trinajstić information content (AvgIpc) is 2.93. The van der Waals surface area contributed by atoms with Crippen molar-refractivity contribution in [3.63, 3.8) is 0 Å². The molecular weight excluding hydrogens is 258 g/mol. The minimum atomic E-state index is 0.608. The lowest BCUT2D eigenvalue weighted by molar-refractivity contribution is 0.735. The van der Waals surface area contributed by atoms with Crippen LogP contribution in [0.2, 0.25) is 0 Å². The number of hydrogen-bond acceptors (Lipinski definition) is 6. The fourth-order valence-corrected chi connectivity index (χ4v) is 2.78. The first kappa shape index (κ1) is 12.1. The fourth-order valence-electron chi connectivity index (χ4n) is 1.94. The van der Waals surface area contributed by atoms with Crippen LogP contribution < -0.4 is 16.5 Å². The Balaban J connectivity index is 1.86. The third-order valence-corrected chi connectivity index (χ3v) is 3.93. The minimum absolute atomic E-state index is 0.608. The van der Waals surface area contributed by atoms with E-state index in [9.17, 15) is 0 Å². The van der Waals surface area contributed by atoms with Crippen molar-refractivity contribution in [2.24, 2.45) is 10.8 Å². The van der Waals surface area contributed by atoms with Gasteiger partial charge >= 0.3 is 0 Å². The fraction of sp³-hybridized carbons (Fsp3) is 0.231. The summed E-state index contributed by atoms with van der Waals surface area (Å²) in [6.45, 7) is 2.14. The van der Waals surface area contributed by atoms with Crippen LogP contribution in [-0.2, 0) is 6.54 Å². The van der Waals surface area contributed by atoms with Gasteiger partial charge in [-0.3, -0.25) is 0 Å². The second-order valence-corrected chi connectivity index (χ2v) is 5.28. The molecule has 0 unspecified atom stereocenters. The van der Waals surface area contributed by atoms with Gasteiger partial charge < -0.3 is 16.5 Å². The summed E-state index contributed by atoms with van der Waals surface area (Å²) in [5, 5.41) is 8.19. The number of nitrogens with zero attached hydrogens (tertiary/aromatic N) is 2. The topological polar surface area (TPSA) is 75.3 Å². The monoisotopic (exact) mass is 273 g/mol. The van der Waals surface area contributed by atoms with Crippen molar-refractivity contribution < 1.29 is 0 Å². The molecule has 0 spiro atoms. The Hall–Kier alpha value is -1.92. The quantitative estimate of drug-likeness (QED) is 0.791. The van der Waals surface area contributed by atoms with Gasteiger partial charge in [0, 0.05) is 24.8 Å². The zero-order valence-corrected chi connectivity index (χ0v) is 11.2. The Morgan fingerprint density at radius 1 is 1.42 bits per heavy atom. The number of nitrogens with two attached hydrogens (primary N) is 1. The van der Waals surface area contributed by atoms with E-state index in [-0.39, 0.29) is 0 Å². The van der Waals surface area contributed by atoms with E-state index in [0.29, 0.717) is 6.54 Å². The van der Waals surface area contributed by atoms with Crippen LogP contribution >= 0.6 is 11.3 Å². The van der Waals surface area contributed by atoms with Crippen LogP contribution in [0.25, 0.3) is 10.4 Å². The highest BCUT2D eigenvalue weighted by Gasteiger charge is 2.09. The molecule has 1 aliphatic rings. The molecule has 0 fully saturated rings. The Bertz CT molecular complexity index is 605. The molecule has 2 aromatic rings. The van der Waals surface area contributed by atoms with Crippen molar-refractivity contribution in [3.05, 3.63) is 35.5 Å². The van der Waals surface area contributed by atoms with Gasteiger partial charge in [-0.1, -0.05) is 23.5 Å². The molecule has 1 aliphatic heterocycles. The number of nitrogens with one attached hydrogen (secondary N) is 2. The summed E-state index contributed by atoms with van der Waals surface area (Å²) in [6.07, 6.45) is 3.75. The van der Waals surface area contributed by atoms with Crippen molar-refractivity contribution in [1.82, 2.24) is 10.4 Å². The van der Waals surface area contributed by atoms with Gasteiger partial charge in [0.05, 0.1) is 17.6 Å². The third kappa shape index (κ3) is 2.59. The van der Waals surface area contributed by atoms with Crippen LogP contribution in [0.3, 0.4) is 0 Å². The molecule has 0 bridgehead atoms. The first-order valence-corrected chi connectivity index (χ1v) is 6.97. The minimum Gasteiger partial charge on any atom is -0.360 e. The summed E-state index contributed by atoms with van der Waals surface area (Å²) in [7, 11) is 0. The van der Waals surface area contributed by atoms with Gasteiger partial charge in [0.25, 0.3) is 0 Å². The van der Waals surface area contributed by atoms with Crippen LogP contribution in [0.1, 0.15) is 11.1 Å². The predicted octanol–water partition coefficient (Wildman–Crippen LogP) is 1.62. The molecule has 0 amide bonds. The SMILES string of the molecule is NCCNc1ncc(-c2ccc3c(c2)C=NNC3)s1. The summed E-state index contributed by atoms with van der Waals surface area (Å²) in [6, 6.07) is 6.41. The van der Waals surface area contributed by atoms with E-state index in [1.807, 2.05) is 12.4 Å². The second kappa shape index (κ2) is 5.38.